The maximum Gasteiger partial charge on any atom is 0.281 e. The van der Waals surface area contributed by atoms with Gasteiger partial charge in [0.15, 0.2) is 6.61 Å². The first-order chi connectivity index (χ1) is 14.1. The monoisotopic (exact) mass is 394 g/mol. The molecular weight excluding hydrogens is 375 g/mol. The summed E-state index contributed by atoms with van der Waals surface area (Å²) in [6.45, 7) is -0.220. The van der Waals surface area contributed by atoms with Crippen LogP contribution in [0.1, 0.15) is 23.8 Å². The van der Waals surface area contributed by atoms with Crippen LogP contribution in [-0.4, -0.2) is 30.3 Å². The number of carbonyl (C=O) groups excluding carboxylic acids is 1. The number of benzene rings is 2. The standard InChI is InChI=1S/C22H19FN2O4/c1-27-17-8-4-15(5-9-17)19-13-20(21-3-2-12-28-21)25(24-19)22(26)14-29-18-10-6-16(23)7-11-18/h2-12,20H,13-14H2,1H3/t20-/m1/s1. The Balaban J connectivity index is 1.53. The number of carbonyl (C=O) groups is 1. The average molecular weight is 394 g/mol. The van der Waals surface area contributed by atoms with Gasteiger partial charge in [0.25, 0.3) is 5.91 Å². The molecule has 7 heteroatoms. The minimum atomic E-state index is -0.366. The van der Waals surface area contributed by atoms with Crippen LogP contribution in [0.3, 0.4) is 0 Å². The SMILES string of the molecule is COc1ccc(C2=NN(C(=O)COc3ccc(F)cc3)[C@@H](c3ccco3)C2)cc1. The lowest BCUT2D eigenvalue weighted by atomic mass is 10.0. The van der Waals surface area contributed by atoms with E-state index in [1.807, 2.05) is 30.3 Å². The van der Waals surface area contributed by atoms with Gasteiger partial charge >= 0.3 is 0 Å². The molecule has 1 amide bonds. The van der Waals surface area contributed by atoms with Crippen molar-refractivity contribution in [2.24, 2.45) is 5.10 Å². The highest BCUT2D eigenvalue weighted by Crippen LogP contribution is 2.33. The van der Waals surface area contributed by atoms with E-state index >= 15 is 0 Å². The van der Waals surface area contributed by atoms with Crippen LogP contribution in [-0.2, 0) is 4.79 Å². The number of ether oxygens (including phenoxy) is 2. The molecule has 2 aromatic carbocycles. The van der Waals surface area contributed by atoms with Crippen LogP contribution in [0, 0.1) is 5.82 Å². The summed E-state index contributed by atoms with van der Waals surface area (Å²) < 4.78 is 29.2. The smallest absolute Gasteiger partial charge is 0.281 e. The molecule has 0 unspecified atom stereocenters. The Labute approximate surface area is 167 Å². The van der Waals surface area contributed by atoms with E-state index in [0.29, 0.717) is 17.9 Å². The summed E-state index contributed by atoms with van der Waals surface area (Å²) in [6, 6.07) is 16.2. The van der Waals surface area contributed by atoms with Gasteiger partial charge in [0, 0.05) is 6.42 Å². The second-order valence-corrected chi connectivity index (χ2v) is 6.49. The van der Waals surface area contributed by atoms with Gasteiger partial charge in [-0.3, -0.25) is 4.79 Å². The van der Waals surface area contributed by atoms with Crippen LogP contribution < -0.4 is 9.47 Å². The molecule has 0 saturated heterocycles. The van der Waals surface area contributed by atoms with E-state index < -0.39 is 0 Å². The topological polar surface area (TPSA) is 64.3 Å². The summed E-state index contributed by atoms with van der Waals surface area (Å²) in [5, 5.41) is 5.93. The highest BCUT2D eigenvalue weighted by molar-refractivity contribution is 6.03. The van der Waals surface area contributed by atoms with Crippen LogP contribution >= 0.6 is 0 Å². The van der Waals surface area contributed by atoms with E-state index in [-0.39, 0.29) is 24.4 Å². The third-order valence-corrected chi connectivity index (χ3v) is 4.64. The quantitative estimate of drug-likeness (QED) is 0.629. The zero-order valence-electron chi connectivity index (χ0n) is 15.7. The molecule has 29 heavy (non-hydrogen) atoms. The van der Waals surface area contributed by atoms with E-state index in [1.54, 1.807) is 19.4 Å². The minimum Gasteiger partial charge on any atom is -0.497 e. The first-order valence-electron chi connectivity index (χ1n) is 9.10. The van der Waals surface area contributed by atoms with Gasteiger partial charge in [-0.2, -0.15) is 5.10 Å². The van der Waals surface area contributed by atoms with Crippen LogP contribution in [0.2, 0.25) is 0 Å². The highest BCUT2D eigenvalue weighted by Gasteiger charge is 2.35. The number of hydrogen-bond acceptors (Lipinski definition) is 5. The molecule has 148 valence electrons. The first kappa shape index (κ1) is 18.7. The number of hydrazone groups is 1. The van der Waals surface area contributed by atoms with Gasteiger partial charge in [-0.25, -0.2) is 9.40 Å². The van der Waals surface area contributed by atoms with Gasteiger partial charge in [-0.15, -0.1) is 0 Å². The molecule has 0 radical (unpaired) electrons. The first-order valence-corrected chi connectivity index (χ1v) is 9.10. The van der Waals surface area contributed by atoms with E-state index in [2.05, 4.69) is 5.10 Å². The zero-order chi connectivity index (χ0) is 20.2. The molecule has 0 fully saturated rings. The fraction of sp³-hybridized carbons (Fsp3) is 0.182. The van der Waals surface area contributed by atoms with E-state index in [9.17, 15) is 9.18 Å². The number of rotatable bonds is 6. The lowest BCUT2D eigenvalue weighted by Gasteiger charge is -2.20. The second kappa shape index (κ2) is 8.18. The Morgan fingerprint density at radius 2 is 1.86 bits per heavy atom. The second-order valence-electron chi connectivity index (χ2n) is 6.49. The molecule has 1 atom stereocenters. The van der Waals surface area contributed by atoms with Gasteiger partial charge in [0.2, 0.25) is 0 Å². The van der Waals surface area contributed by atoms with E-state index in [4.69, 9.17) is 13.9 Å². The Morgan fingerprint density at radius 1 is 1.14 bits per heavy atom. The number of halogens is 1. The molecule has 1 aliphatic rings. The highest BCUT2D eigenvalue weighted by atomic mass is 19.1. The van der Waals surface area contributed by atoms with Crippen molar-refractivity contribution in [1.82, 2.24) is 5.01 Å². The largest absolute Gasteiger partial charge is 0.497 e. The summed E-state index contributed by atoms with van der Waals surface area (Å²) in [5.74, 6) is 1.12. The lowest BCUT2D eigenvalue weighted by molar-refractivity contribution is -0.135. The van der Waals surface area contributed by atoms with Crippen molar-refractivity contribution < 1.29 is 23.1 Å². The number of nitrogens with zero attached hydrogens (tertiary/aromatic N) is 2. The fourth-order valence-corrected chi connectivity index (χ4v) is 3.14. The van der Waals surface area contributed by atoms with Crippen molar-refractivity contribution in [2.45, 2.75) is 12.5 Å². The molecule has 0 saturated carbocycles. The lowest BCUT2D eigenvalue weighted by Crippen LogP contribution is -2.31. The van der Waals surface area contributed by atoms with Crippen molar-refractivity contribution in [3.8, 4) is 11.5 Å². The normalized spacial score (nSPS) is 15.9. The van der Waals surface area contributed by atoms with Crippen LogP contribution in [0.25, 0.3) is 0 Å². The molecule has 3 aromatic rings. The zero-order valence-corrected chi connectivity index (χ0v) is 15.7. The van der Waals surface area contributed by atoms with Gasteiger partial charge in [0.1, 0.15) is 29.1 Å². The molecule has 0 aliphatic carbocycles. The van der Waals surface area contributed by atoms with Crippen molar-refractivity contribution in [2.75, 3.05) is 13.7 Å². The minimum absolute atomic E-state index is 0.220. The molecule has 2 heterocycles. The van der Waals surface area contributed by atoms with Gasteiger partial charge in [0.05, 0.1) is 19.1 Å². The van der Waals surface area contributed by atoms with Crippen molar-refractivity contribution in [1.29, 1.82) is 0 Å². The summed E-state index contributed by atoms with van der Waals surface area (Å²) >= 11 is 0. The van der Waals surface area contributed by atoms with Crippen molar-refractivity contribution >= 4 is 11.6 Å². The predicted octanol–water partition coefficient (Wildman–Crippen LogP) is 4.18. The Bertz CT molecular complexity index is 998. The van der Waals surface area contributed by atoms with Gasteiger partial charge < -0.3 is 13.9 Å². The number of furan rings is 1. The number of methoxy groups -OCH3 is 1. The maximum atomic E-state index is 13.0. The molecule has 0 bridgehead atoms. The molecule has 6 nitrogen and oxygen atoms in total. The summed E-state index contributed by atoms with van der Waals surface area (Å²) in [4.78, 5) is 12.8. The third-order valence-electron chi connectivity index (χ3n) is 4.64. The van der Waals surface area contributed by atoms with Gasteiger partial charge in [-0.1, -0.05) is 0 Å². The third kappa shape index (κ3) is 4.13. The van der Waals surface area contributed by atoms with Crippen molar-refractivity contribution in [3.63, 3.8) is 0 Å². The summed E-state index contributed by atoms with van der Waals surface area (Å²) in [7, 11) is 1.61. The summed E-state index contributed by atoms with van der Waals surface area (Å²) in [5.41, 5.74) is 1.67. The fourth-order valence-electron chi connectivity index (χ4n) is 3.14. The Hall–Kier alpha value is -3.61. The molecule has 0 N–H and O–H groups in total. The van der Waals surface area contributed by atoms with Crippen LogP contribution in [0.15, 0.2) is 76.4 Å². The Morgan fingerprint density at radius 3 is 2.52 bits per heavy atom. The van der Waals surface area contributed by atoms with E-state index in [1.165, 1.54) is 29.3 Å². The van der Waals surface area contributed by atoms with Crippen LogP contribution in [0.5, 0.6) is 11.5 Å². The number of hydrogen-bond donors (Lipinski definition) is 0. The van der Waals surface area contributed by atoms with Crippen molar-refractivity contribution in [3.05, 3.63) is 84.1 Å². The number of amides is 1. The average Bonchev–Trinajstić information content (AvgIpc) is 3.43. The molecule has 1 aromatic heterocycles. The van der Waals surface area contributed by atoms with Crippen LogP contribution in [0.4, 0.5) is 4.39 Å². The predicted molar refractivity (Wildman–Crippen MR) is 104 cm³/mol. The molecule has 4 rings (SSSR count). The Kier molecular flexibility index (Phi) is 5.29. The molecule has 0 spiro atoms. The maximum absolute atomic E-state index is 13.0. The molecule has 1 aliphatic heterocycles. The molecular formula is C22H19FN2O4. The van der Waals surface area contributed by atoms with E-state index in [0.717, 1.165) is 17.0 Å². The summed E-state index contributed by atoms with van der Waals surface area (Å²) in [6.07, 6.45) is 2.08. The van der Waals surface area contributed by atoms with Gasteiger partial charge in [-0.05, 0) is 66.2 Å².